The SMILES string of the molecule is CC(C)(C)[Si](C)(C)O[C@H]1CC[C@H]2[C@@H]3CCC4=CC(=O)C[C@H](OS(C)(=O)=O)[C@]4(C)[C@H]3CC[C@]12C. The van der Waals surface area contributed by atoms with E-state index in [0.717, 1.165) is 43.9 Å². The summed E-state index contributed by atoms with van der Waals surface area (Å²) in [4.78, 5) is 12.4. The molecule has 7 heteroatoms. The monoisotopic (exact) mass is 496 g/mol. The summed E-state index contributed by atoms with van der Waals surface area (Å²) in [6, 6.07) is 0. The number of carbonyl (C=O) groups is 1. The number of fused-ring (bicyclic) bond motifs is 5. The van der Waals surface area contributed by atoms with Gasteiger partial charge in [0.25, 0.3) is 10.1 Å². The number of ketones is 1. The molecule has 0 aromatic rings. The maximum atomic E-state index is 12.4. The molecule has 4 aliphatic rings. The molecule has 0 spiro atoms. The van der Waals surface area contributed by atoms with Crippen molar-refractivity contribution in [2.75, 3.05) is 6.26 Å². The molecule has 0 unspecified atom stereocenters. The van der Waals surface area contributed by atoms with Crippen molar-refractivity contribution in [1.82, 2.24) is 0 Å². The summed E-state index contributed by atoms with van der Waals surface area (Å²) in [5, 5.41) is 0.196. The Labute approximate surface area is 202 Å². The lowest BCUT2D eigenvalue weighted by Crippen LogP contribution is -2.57. The van der Waals surface area contributed by atoms with Crippen molar-refractivity contribution in [3.8, 4) is 0 Å². The van der Waals surface area contributed by atoms with Gasteiger partial charge in [-0.15, -0.1) is 0 Å². The lowest BCUT2D eigenvalue weighted by Gasteiger charge is -2.59. The molecule has 0 saturated heterocycles. The van der Waals surface area contributed by atoms with Crippen LogP contribution in [0.3, 0.4) is 0 Å². The minimum atomic E-state index is -3.64. The molecule has 0 radical (unpaired) electrons. The van der Waals surface area contributed by atoms with E-state index in [9.17, 15) is 13.2 Å². The van der Waals surface area contributed by atoms with E-state index in [4.69, 9.17) is 8.61 Å². The van der Waals surface area contributed by atoms with Gasteiger partial charge in [-0.25, -0.2) is 0 Å². The third-order valence-electron chi connectivity index (χ3n) is 10.5. The molecule has 188 valence electrons. The van der Waals surface area contributed by atoms with Gasteiger partial charge in [-0.3, -0.25) is 8.98 Å². The summed E-state index contributed by atoms with van der Waals surface area (Å²) in [5.74, 6) is 1.46. The Kier molecular flexibility index (Phi) is 6.21. The van der Waals surface area contributed by atoms with Gasteiger partial charge in [-0.1, -0.05) is 40.2 Å². The van der Waals surface area contributed by atoms with Gasteiger partial charge in [0.1, 0.15) is 0 Å². The summed E-state index contributed by atoms with van der Waals surface area (Å²) in [6.07, 6.45) is 9.20. The molecule has 0 aromatic carbocycles. The second-order valence-electron chi connectivity index (χ2n) is 13.3. The minimum Gasteiger partial charge on any atom is -0.413 e. The van der Waals surface area contributed by atoms with E-state index in [1.54, 1.807) is 0 Å². The van der Waals surface area contributed by atoms with Crippen LogP contribution >= 0.6 is 0 Å². The molecule has 7 atom stereocenters. The Balaban J connectivity index is 1.64. The highest BCUT2D eigenvalue weighted by Gasteiger charge is 2.62. The first kappa shape index (κ1) is 25.6. The predicted molar refractivity (Wildman–Crippen MR) is 134 cm³/mol. The second-order valence-corrected chi connectivity index (χ2v) is 19.7. The number of hydrogen-bond acceptors (Lipinski definition) is 5. The minimum absolute atomic E-state index is 0.000997. The molecular weight excluding hydrogens is 452 g/mol. The zero-order chi connectivity index (χ0) is 24.6. The molecule has 0 amide bonds. The number of rotatable bonds is 4. The number of carbonyl (C=O) groups excluding carboxylic acids is 1. The maximum Gasteiger partial charge on any atom is 0.264 e. The molecule has 0 N–H and O–H groups in total. The van der Waals surface area contributed by atoms with E-state index < -0.39 is 24.5 Å². The first-order valence-corrected chi connectivity index (χ1v) is 17.5. The average molecular weight is 497 g/mol. The second kappa shape index (κ2) is 8.00. The zero-order valence-corrected chi connectivity index (χ0v) is 23.7. The van der Waals surface area contributed by atoms with Crippen LogP contribution in [0.25, 0.3) is 0 Å². The third kappa shape index (κ3) is 4.23. The molecule has 4 rings (SSSR count). The highest BCUT2D eigenvalue weighted by Crippen LogP contribution is 2.66. The first-order chi connectivity index (χ1) is 15.0. The molecule has 33 heavy (non-hydrogen) atoms. The van der Waals surface area contributed by atoms with E-state index in [1.165, 1.54) is 6.42 Å². The summed E-state index contributed by atoms with van der Waals surface area (Å²) in [5.41, 5.74) is 0.898. The molecule has 4 aliphatic carbocycles. The highest BCUT2D eigenvalue weighted by molar-refractivity contribution is 7.86. The Morgan fingerprint density at radius 3 is 2.30 bits per heavy atom. The van der Waals surface area contributed by atoms with Crippen LogP contribution < -0.4 is 0 Å². The lowest BCUT2D eigenvalue weighted by atomic mass is 9.47. The van der Waals surface area contributed by atoms with Crippen LogP contribution in [0.2, 0.25) is 18.1 Å². The Morgan fingerprint density at radius 2 is 1.70 bits per heavy atom. The van der Waals surface area contributed by atoms with E-state index in [2.05, 4.69) is 47.7 Å². The van der Waals surface area contributed by atoms with Crippen molar-refractivity contribution in [1.29, 1.82) is 0 Å². The van der Waals surface area contributed by atoms with Crippen LogP contribution in [-0.4, -0.2) is 41.0 Å². The van der Waals surface area contributed by atoms with Crippen LogP contribution in [-0.2, 0) is 23.5 Å². The molecule has 0 bridgehead atoms. The summed E-state index contributed by atoms with van der Waals surface area (Å²) < 4.78 is 36.9. The molecular formula is C26H44O5SSi. The zero-order valence-electron chi connectivity index (χ0n) is 21.9. The summed E-state index contributed by atoms with van der Waals surface area (Å²) in [6.45, 7) is 16.3. The quantitative estimate of drug-likeness (QED) is 0.360. The standard InChI is InChI=1S/C26H44O5SSi/c1-24(2,3)33(7,8)31-22-12-11-20-19-10-9-17-15-18(27)16-23(30-32(6,28)29)26(17,5)21(19)13-14-25(20,22)4/h15,19-23H,9-14,16H2,1-8H3/t19-,20-,21-,22-,23-,25-,26-/m0/s1. The first-order valence-electron chi connectivity index (χ1n) is 12.8. The normalized spacial score (nSPS) is 41.8. The van der Waals surface area contributed by atoms with Gasteiger partial charge in [0.2, 0.25) is 0 Å². The molecule has 0 heterocycles. The van der Waals surface area contributed by atoms with Crippen LogP contribution in [0.5, 0.6) is 0 Å². The molecule has 3 saturated carbocycles. The van der Waals surface area contributed by atoms with Crippen molar-refractivity contribution < 1.29 is 21.8 Å². The predicted octanol–water partition coefficient (Wildman–Crippen LogP) is 5.86. The van der Waals surface area contributed by atoms with Gasteiger partial charge in [0.15, 0.2) is 14.1 Å². The Hall–Kier alpha value is -0.503. The topological polar surface area (TPSA) is 69.7 Å². The van der Waals surface area contributed by atoms with Gasteiger partial charge in [-0.2, -0.15) is 8.42 Å². The van der Waals surface area contributed by atoms with Crippen molar-refractivity contribution in [3.63, 3.8) is 0 Å². The molecule has 0 aliphatic heterocycles. The van der Waals surface area contributed by atoms with Crippen molar-refractivity contribution in [3.05, 3.63) is 11.6 Å². The Bertz CT molecular complexity index is 948. The van der Waals surface area contributed by atoms with Gasteiger partial charge in [0.05, 0.1) is 18.5 Å². The van der Waals surface area contributed by atoms with Crippen molar-refractivity contribution >= 4 is 24.2 Å². The smallest absolute Gasteiger partial charge is 0.264 e. The largest absolute Gasteiger partial charge is 0.413 e. The van der Waals surface area contributed by atoms with Crippen LogP contribution in [0.15, 0.2) is 11.6 Å². The van der Waals surface area contributed by atoms with Crippen LogP contribution in [0.4, 0.5) is 0 Å². The highest BCUT2D eigenvalue weighted by atomic mass is 32.2. The third-order valence-corrected chi connectivity index (χ3v) is 15.6. The average Bonchev–Trinajstić information content (AvgIpc) is 2.97. The van der Waals surface area contributed by atoms with Crippen LogP contribution in [0.1, 0.15) is 79.6 Å². The van der Waals surface area contributed by atoms with Gasteiger partial charge < -0.3 is 4.43 Å². The fourth-order valence-corrected chi connectivity index (χ4v) is 9.75. The number of hydrogen-bond donors (Lipinski definition) is 0. The van der Waals surface area contributed by atoms with Crippen LogP contribution in [0, 0.1) is 28.6 Å². The summed E-state index contributed by atoms with van der Waals surface area (Å²) in [7, 11) is -5.50. The summed E-state index contributed by atoms with van der Waals surface area (Å²) >= 11 is 0. The van der Waals surface area contributed by atoms with E-state index in [0.29, 0.717) is 23.9 Å². The van der Waals surface area contributed by atoms with Gasteiger partial charge >= 0.3 is 0 Å². The lowest BCUT2D eigenvalue weighted by molar-refractivity contribution is -0.125. The molecule has 0 aromatic heterocycles. The Morgan fingerprint density at radius 1 is 1.03 bits per heavy atom. The van der Waals surface area contributed by atoms with Gasteiger partial charge in [0, 0.05) is 11.8 Å². The van der Waals surface area contributed by atoms with E-state index >= 15 is 0 Å². The fraction of sp³-hybridized carbons (Fsp3) is 0.885. The van der Waals surface area contributed by atoms with Crippen molar-refractivity contribution in [2.24, 2.45) is 28.6 Å². The molecule has 5 nitrogen and oxygen atoms in total. The maximum absolute atomic E-state index is 12.4. The van der Waals surface area contributed by atoms with Crippen molar-refractivity contribution in [2.45, 2.75) is 110 Å². The fourth-order valence-electron chi connectivity index (χ4n) is 7.61. The van der Waals surface area contributed by atoms with E-state index in [-0.39, 0.29) is 28.1 Å². The van der Waals surface area contributed by atoms with E-state index in [1.807, 2.05) is 6.08 Å². The molecule has 3 fully saturated rings. The van der Waals surface area contributed by atoms with Gasteiger partial charge in [-0.05, 0) is 85.9 Å².